The molecule has 1 aliphatic heterocycles. The van der Waals surface area contributed by atoms with E-state index in [9.17, 15) is 9.59 Å². The van der Waals surface area contributed by atoms with Crippen molar-refractivity contribution in [2.24, 2.45) is 17.8 Å². The molecular formula is C14H22N2O2. The minimum absolute atomic E-state index is 0.00252. The van der Waals surface area contributed by atoms with Crippen LogP contribution in [0.25, 0.3) is 0 Å². The van der Waals surface area contributed by atoms with E-state index in [0.29, 0.717) is 18.8 Å². The van der Waals surface area contributed by atoms with Gasteiger partial charge in [0.1, 0.15) is 6.04 Å². The van der Waals surface area contributed by atoms with Gasteiger partial charge in [0.15, 0.2) is 0 Å². The van der Waals surface area contributed by atoms with Crippen LogP contribution in [0.1, 0.15) is 45.4 Å². The molecule has 0 spiro atoms. The van der Waals surface area contributed by atoms with E-state index in [1.807, 2.05) is 0 Å². The minimum Gasteiger partial charge on any atom is -0.352 e. The molecule has 2 bridgehead atoms. The first-order valence-electron chi connectivity index (χ1n) is 7.23. The summed E-state index contributed by atoms with van der Waals surface area (Å²) in [6.45, 7) is 2.13. The van der Waals surface area contributed by atoms with Crippen molar-refractivity contribution in [1.82, 2.24) is 10.6 Å². The van der Waals surface area contributed by atoms with E-state index in [0.717, 1.165) is 11.8 Å². The Morgan fingerprint density at radius 2 is 2.17 bits per heavy atom. The summed E-state index contributed by atoms with van der Waals surface area (Å²) in [5, 5.41) is 5.85. The first-order chi connectivity index (χ1) is 8.63. The van der Waals surface area contributed by atoms with E-state index in [1.165, 1.54) is 25.7 Å². The quantitative estimate of drug-likeness (QED) is 0.791. The van der Waals surface area contributed by atoms with Crippen LogP contribution in [-0.2, 0) is 9.59 Å². The fraction of sp³-hybridized carbons (Fsp3) is 0.857. The van der Waals surface area contributed by atoms with Gasteiger partial charge in [-0.05, 0) is 50.4 Å². The van der Waals surface area contributed by atoms with E-state index >= 15 is 0 Å². The zero-order chi connectivity index (χ0) is 12.7. The molecular weight excluding hydrogens is 228 g/mol. The lowest BCUT2D eigenvalue weighted by Crippen LogP contribution is -2.48. The fourth-order valence-corrected chi connectivity index (χ4v) is 4.15. The van der Waals surface area contributed by atoms with Gasteiger partial charge in [-0.2, -0.15) is 0 Å². The molecule has 1 heterocycles. The maximum Gasteiger partial charge on any atom is 0.242 e. The second-order valence-electron chi connectivity index (χ2n) is 6.29. The van der Waals surface area contributed by atoms with Crippen LogP contribution in [0.3, 0.4) is 0 Å². The van der Waals surface area contributed by atoms with Crippen LogP contribution < -0.4 is 10.6 Å². The third-order valence-corrected chi connectivity index (χ3v) is 5.12. The van der Waals surface area contributed by atoms with Crippen molar-refractivity contribution in [3.05, 3.63) is 0 Å². The van der Waals surface area contributed by atoms with Crippen LogP contribution in [0.2, 0.25) is 0 Å². The maximum absolute atomic E-state index is 12.0. The molecule has 100 valence electrons. The van der Waals surface area contributed by atoms with Crippen molar-refractivity contribution in [2.75, 3.05) is 0 Å². The number of nitrogens with one attached hydrogen (secondary N) is 2. The maximum atomic E-state index is 12.0. The van der Waals surface area contributed by atoms with Gasteiger partial charge in [-0.3, -0.25) is 9.59 Å². The Labute approximate surface area is 108 Å². The summed E-state index contributed by atoms with van der Waals surface area (Å²) in [6.07, 6.45) is 6.51. The lowest BCUT2D eigenvalue weighted by atomic mass is 9.84. The number of amides is 2. The molecule has 2 amide bonds. The van der Waals surface area contributed by atoms with Crippen molar-refractivity contribution in [2.45, 2.75) is 57.5 Å². The molecule has 2 N–H and O–H groups in total. The zero-order valence-corrected chi connectivity index (χ0v) is 10.9. The summed E-state index contributed by atoms with van der Waals surface area (Å²) in [5.74, 6) is 2.40. The molecule has 3 rings (SSSR count). The number of rotatable bonds is 3. The van der Waals surface area contributed by atoms with Crippen molar-refractivity contribution in [3.63, 3.8) is 0 Å². The zero-order valence-electron chi connectivity index (χ0n) is 10.9. The first kappa shape index (κ1) is 12.0. The standard InChI is InChI=1S/C14H22N2O2/c1-8(11-7-9-2-3-10(11)6-9)15-14(18)12-4-5-13(17)16-12/h8-12H,2-7H2,1H3,(H,15,18)(H,16,17). The van der Waals surface area contributed by atoms with E-state index < -0.39 is 0 Å². The van der Waals surface area contributed by atoms with Crippen molar-refractivity contribution in [3.8, 4) is 0 Å². The number of carbonyl (C=O) groups excluding carboxylic acids is 2. The molecule has 5 unspecified atom stereocenters. The highest BCUT2D eigenvalue weighted by Crippen LogP contribution is 2.49. The predicted molar refractivity (Wildman–Crippen MR) is 67.7 cm³/mol. The van der Waals surface area contributed by atoms with Crippen LogP contribution in [-0.4, -0.2) is 23.9 Å². The van der Waals surface area contributed by atoms with Crippen LogP contribution in [0, 0.1) is 17.8 Å². The summed E-state index contributed by atoms with van der Waals surface area (Å²) in [4.78, 5) is 23.2. The summed E-state index contributed by atoms with van der Waals surface area (Å²) in [7, 11) is 0. The normalized spacial score (nSPS) is 39.7. The Balaban J connectivity index is 1.53. The van der Waals surface area contributed by atoms with Gasteiger partial charge in [-0.1, -0.05) is 6.42 Å². The van der Waals surface area contributed by atoms with E-state index in [1.54, 1.807) is 0 Å². The summed E-state index contributed by atoms with van der Waals surface area (Å²) in [5.41, 5.74) is 0. The van der Waals surface area contributed by atoms with Crippen molar-refractivity contribution >= 4 is 11.8 Å². The van der Waals surface area contributed by atoms with E-state index in [4.69, 9.17) is 0 Å². The number of hydrogen-bond acceptors (Lipinski definition) is 2. The SMILES string of the molecule is CC(NC(=O)C1CCC(=O)N1)C1CC2CCC1C2. The molecule has 4 heteroatoms. The number of hydrogen-bond donors (Lipinski definition) is 2. The molecule has 0 radical (unpaired) electrons. The van der Waals surface area contributed by atoms with E-state index in [2.05, 4.69) is 17.6 Å². The van der Waals surface area contributed by atoms with Crippen LogP contribution in [0.5, 0.6) is 0 Å². The third kappa shape index (κ3) is 2.13. The largest absolute Gasteiger partial charge is 0.352 e. The van der Waals surface area contributed by atoms with Crippen molar-refractivity contribution in [1.29, 1.82) is 0 Å². The molecule has 3 fully saturated rings. The van der Waals surface area contributed by atoms with E-state index in [-0.39, 0.29) is 23.9 Å². The predicted octanol–water partition coefficient (Wildman–Crippen LogP) is 1.21. The Bertz CT molecular complexity index is 369. The molecule has 3 aliphatic rings. The van der Waals surface area contributed by atoms with Crippen LogP contribution in [0.15, 0.2) is 0 Å². The highest BCUT2D eigenvalue weighted by Gasteiger charge is 2.42. The highest BCUT2D eigenvalue weighted by atomic mass is 16.2. The molecule has 0 aromatic rings. The molecule has 1 saturated heterocycles. The average Bonchev–Trinajstić information content (AvgIpc) is 3.03. The van der Waals surface area contributed by atoms with Gasteiger partial charge >= 0.3 is 0 Å². The highest BCUT2D eigenvalue weighted by molar-refractivity contribution is 5.90. The second-order valence-corrected chi connectivity index (χ2v) is 6.29. The molecule has 0 aromatic heterocycles. The van der Waals surface area contributed by atoms with Gasteiger partial charge in [-0.25, -0.2) is 0 Å². The first-order valence-corrected chi connectivity index (χ1v) is 7.23. The van der Waals surface area contributed by atoms with Gasteiger partial charge in [0.2, 0.25) is 11.8 Å². The Kier molecular flexibility index (Phi) is 3.04. The minimum atomic E-state index is -0.293. The van der Waals surface area contributed by atoms with Crippen LogP contribution in [0.4, 0.5) is 0 Å². The monoisotopic (exact) mass is 250 g/mol. The lowest BCUT2D eigenvalue weighted by Gasteiger charge is -2.29. The molecule has 2 saturated carbocycles. The van der Waals surface area contributed by atoms with Gasteiger partial charge in [-0.15, -0.1) is 0 Å². The third-order valence-electron chi connectivity index (χ3n) is 5.12. The summed E-state index contributed by atoms with van der Waals surface area (Å²) < 4.78 is 0. The molecule has 5 atom stereocenters. The van der Waals surface area contributed by atoms with Gasteiger partial charge in [0.25, 0.3) is 0 Å². The number of carbonyl (C=O) groups is 2. The number of fused-ring (bicyclic) bond motifs is 2. The molecule has 2 aliphatic carbocycles. The fourth-order valence-electron chi connectivity index (χ4n) is 4.15. The van der Waals surface area contributed by atoms with Gasteiger partial charge < -0.3 is 10.6 Å². The smallest absolute Gasteiger partial charge is 0.242 e. The Morgan fingerprint density at radius 1 is 1.33 bits per heavy atom. The summed E-state index contributed by atoms with van der Waals surface area (Å²) in [6, 6.07) is -0.0381. The molecule has 18 heavy (non-hydrogen) atoms. The average molecular weight is 250 g/mol. The second kappa shape index (κ2) is 4.56. The van der Waals surface area contributed by atoms with Gasteiger partial charge in [0, 0.05) is 12.5 Å². The topological polar surface area (TPSA) is 58.2 Å². The summed E-state index contributed by atoms with van der Waals surface area (Å²) >= 11 is 0. The molecule has 4 nitrogen and oxygen atoms in total. The van der Waals surface area contributed by atoms with Crippen LogP contribution >= 0.6 is 0 Å². The van der Waals surface area contributed by atoms with Crippen molar-refractivity contribution < 1.29 is 9.59 Å². The lowest BCUT2D eigenvalue weighted by molar-refractivity contribution is -0.126. The molecule has 0 aromatic carbocycles. The Hall–Kier alpha value is -1.06. The Morgan fingerprint density at radius 3 is 2.72 bits per heavy atom. The van der Waals surface area contributed by atoms with Gasteiger partial charge in [0.05, 0.1) is 0 Å².